The van der Waals surface area contributed by atoms with Crippen molar-refractivity contribution < 1.29 is 19.1 Å². The second-order valence-corrected chi connectivity index (χ2v) is 5.80. The lowest BCUT2D eigenvalue weighted by molar-refractivity contribution is -0.146. The van der Waals surface area contributed by atoms with Crippen LogP contribution in [0.15, 0.2) is 24.3 Å². The summed E-state index contributed by atoms with van der Waals surface area (Å²) in [5, 5.41) is 11.9. The summed E-state index contributed by atoms with van der Waals surface area (Å²) in [5.41, 5.74) is 0.810. The summed E-state index contributed by atoms with van der Waals surface area (Å²) >= 11 is 0. The van der Waals surface area contributed by atoms with Crippen molar-refractivity contribution in [1.29, 1.82) is 0 Å². The Morgan fingerprint density at radius 2 is 2.05 bits per heavy atom. The number of rotatable bonds is 5. The van der Waals surface area contributed by atoms with Crippen LogP contribution in [0.2, 0.25) is 0 Å². The summed E-state index contributed by atoms with van der Waals surface area (Å²) in [6.07, 6.45) is 1.70. The number of carbonyl (C=O) groups is 2. The van der Waals surface area contributed by atoms with Gasteiger partial charge in [0, 0.05) is 6.54 Å². The molecule has 0 saturated heterocycles. The van der Waals surface area contributed by atoms with Gasteiger partial charge in [-0.2, -0.15) is 0 Å². The van der Waals surface area contributed by atoms with Crippen LogP contribution < -0.4 is 5.32 Å². The van der Waals surface area contributed by atoms with Gasteiger partial charge in [0.15, 0.2) is 0 Å². The smallest absolute Gasteiger partial charge is 0.307 e. The van der Waals surface area contributed by atoms with Crippen LogP contribution in [0.3, 0.4) is 0 Å². The van der Waals surface area contributed by atoms with Crippen molar-refractivity contribution in [3.63, 3.8) is 0 Å². The number of aliphatic carboxylic acids is 1. The second-order valence-electron chi connectivity index (χ2n) is 5.80. The van der Waals surface area contributed by atoms with E-state index in [-0.39, 0.29) is 17.6 Å². The number of benzene rings is 1. The molecule has 1 aromatic carbocycles. The van der Waals surface area contributed by atoms with E-state index in [1.165, 1.54) is 12.1 Å². The standard InChI is InChI=1S/C16H20FNO3/c1-10-7-13(14(8-10)16(20)21)15(19)18-6-5-11-3-2-4-12(17)9-11/h2-4,9-10,13-14H,5-8H2,1H3,(H,18,19)(H,20,21)/t10?,13-,14+/m0/s1. The molecule has 21 heavy (non-hydrogen) atoms. The molecule has 0 heterocycles. The lowest BCUT2D eigenvalue weighted by Crippen LogP contribution is -2.36. The molecule has 3 atom stereocenters. The first kappa shape index (κ1) is 15.5. The number of hydrogen-bond acceptors (Lipinski definition) is 2. The van der Waals surface area contributed by atoms with Crippen molar-refractivity contribution in [2.24, 2.45) is 17.8 Å². The minimum atomic E-state index is -0.898. The lowest BCUT2D eigenvalue weighted by atomic mass is 9.95. The first-order valence-electron chi connectivity index (χ1n) is 7.22. The zero-order valence-electron chi connectivity index (χ0n) is 12.0. The molecule has 1 aromatic rings. The zero-order chi connectivity index (χ0) is 15.4. The molecule has 2 rings (SSSR count). The van der Waals surface area contributed by atoms with E-state index in [1.807, 2.05) is 6.92 Å². The predicted molar refractivity (Wildman–Crippen MR) is 76.1 cm³/mol. The number of halogens is 1. The minimum absolute atomic E-state index is 0.205. The molecule has 1 aliphatic rings. The molecular weight excluding hydrogens is 273 g/mol. The van der Waals surface area contributed by atoms with Gasteiger partial charge in [-0.25, -0.2) is 4.39 Å². The Bertz CT molecular complexity index is 532. The van der Waals surface area contributed by atoms with Crippen molar-refractivity contribution in [2.75, 3.05) is 6.54 Å². The highest BCUT2D eigenvalue weighted by Gasteiger charge is 2.40. The van der Waals surface area contributed by atoms with Gasteiger partial charge >= 0.3 is 5.97 Å². The average Bonchev–Trinajstić information content (AvgIpc) is 2.81. The molecule has 0 bridgehead atoms. The highest BCUT2D eigenvalue weighted by atomic mass is 19.1. The Morgan fingerprint density at radius 1 is 1.33 bits per heavy atom. The van der Waals surface area contributed by atoms with Gasteiger partial charge in [0.1, 0.15) is 5.82 Å². The fourth-order valence-electron chi connectivity index (χ4n) is 3.01. The topological polar surface area (TPSA) is 66.4 Å². The summed E-state index contributed by atoms with van der Waals surface area (Å²) in [4.78, 5) is 23.3. The summed E-state index contributed by atoms with van der Waals surface area (Å²) in [6, 6.07) is 6.24. The summed E-state index contributed by atoms with van der Waals surface area (Å²) in [7, 11) is 0. The zero-order valence-corrected chi connectivity index (χ0v) is 12.0. The number of carboxylic acids is 1. The Kier molecular flexibility index (Phi) is 4.94. The molecule has 5 heteroatoms. The van der Waals surface area contributed by atoms with E-state index in [1.54, 1.807) is 12.1 Å². The lowest BCUT2D eigenvalue weighted by Gasteiger charge is -2.15. The summed E-state index contributed by atoms with van der Waals surface area (Å²) in [6.45, 7) is 2.36. The minimum Gasteiger partial charge on any atom is -0.481 e. The third-order valence-electron chi connectivity index (χ3n) is 4.05. The second kappa shape index (κ2) is 6.70. The number of carbonyl (C=O) groups excluding carboxylic acids is 1. The van der Waals surface area contributed by atoms with E-state index in [0.717, 1.165) is 5.56 Å². The molecule has 1 amide bonds. The fourth-order valence-corrected chi connectivity index (χ4v) is 3.01. The molecule has 1 unspecified atom stereocenters. The van der Waals surface area contributed by atoms with Crippen LogP contribution in [0, 0.1) is 23.6 Å². The molecule has 0 aromatic heterocycles. The third kappa shape index (κ3) is 4.03. The Morgan fingerprint density at radius 3 is 2.71 bits per heavy atom. The van der Waals surface area contributed by atoms with Crippen molar-refractivity contribution in [1.82, 2.24) is 5.32 Å². The number of amides is 1. The first-order valence-corrected chi connectivity index (χ1v) is 7.22. The van der Waals surface area contributed by atoms with Crippen LogP contribution >= 0.6 is 0 Å². The van der Waals surface area contributed by atoms with Gasteiger partial charge in [-0.15, -0.1) is 0 Å². The van der Waals surface area contributed by atoms with E-state index in [0.29, 0.717) is 25.8 Å². The normalized spacial score (nSPS) is 24.8. The van der Waals surface area contributed by atoms with Gasteiger partial charge in [0.25, 0.3) is 0 Å². The maximum Gasteiger partial charge on any atom is 0.307 e. The fraction of sp³-hybridized carbons (Fsp3) is 0.500. The number of nitrogens with one attached hydrogen (secondary N) is 1. The van der Waals surface area contributed by atoms with E-state index in [4.69, 9.17) is 5.11 Å². The molecule has 114 valence electrons. The van der Waals surface area contributed by atoms with Crippen LogP contribution in [0.5, 0.6) is 0 Å². The molecule has 0 radical (unpaired) electrons. The average molecular weight is 293 g/mol. The molecular formula is C16H20FNO3. The molecule has 4 nitrogen and oxygen atoms in total. The number of hydrogen-bond donors (Lipinski definition) is 2. The van der Waals surface area contributed by atoms with E-state index >= 15 is 0 Å². The van der Waals surface area contributed by atoms with Gasteiger partial charge in [0.05, 0.1) is 11.8 Å². The van der Waals surface area contributed by atoms with Crippen LogP contribution in [0.25, 0.3) is 0 Å². The van der Waals surface area contributed by atoms with Crippen molar-refractivity contribution >= 4 is 11.9 Å². The molecule has 1 saturated carbocycles. The van der Waals surface area contributed by atoms with Crippen LogP contribution in [0.4, 0.5) is 4.39 Å². The molecule has 1 fully saturated rings. The largest absolute Gasteiger partial charge is 0.481 e. The quantitative estimate of drug-likeness (QED) is 0.875. The highest BCUT2D eigenvalue weighted by Crippen LogP contribution is 2.36. The Labute approximate surface area is 123 Å². The van der Waals surface area contributed by atoms with E-state index in [2.05, 4.69) is 5.32 Å². The predicted octanol–water partition coefficient (Wildman–Crippen LogP) is 2.23. The van der Waals surface area contributed by atoms with Gasteiger partial charge in [-0.3, -0.25) is 9.59 Å². The van der Waals surface area contributed by atoms with Crippen LogP contribution in [0.1, 0.15) is 25.3 Å². The Hall–Kier alpha value is -1.91. The van der Waals surface area contributed by atoms with Crippen molar-refractivity contribution in [3.05, 3.63) is 35.6 Å². The van der Waals surface area contributed by atoms with Crippen molar-refractivity contribution in [2.45, 2.75) is 26.2 Å². The summed E-state index contributed by atoms with van der Waals surface area (Å²) < 4.78 is 13.0. The van der Waals surface area contributed by atoms with Gasteiger partial charge in [0.2, 0.25) is 5.91 Å². The van der Waals surface area contributed by atoms with Crippen LogP contribution in [-0.4, -0.2) is 23.5 Å². The Balaban J connectivity index is 1.85. The first-order chi connectivity index (χ1) is 9.97. The third-order valence-corrected chi connectivity index (χ3v) is 4.05. The van der Waals surface area contributed by atoms with Gasteiger partial charge in [-0.05, 0) is 42.9 Å². The highest BCUT2D eigenvalue weighted by molar-refractivity contribution is 5.85. The maximum absolute atomic E-state index is 13.0. The number of carboxylic acid groups (broad SMARTS) is 1. The molecule has 0 aliphatic heterocycles. The van der Waals surface area contributed by atoms with Crippen LogP contribution in [-0.2, 0) is 16.0 Å². The monoisotopic (exact) mass is 293 g/mol. The van der Waals surface area contributed by atoms with Gasteiger partial charge in [-0.1, -0.05) is 19.1 Å². The van der Waals surface area contributed by atoms with Gasteiger partial charge < -0.3 is 10.4 Å². The SMILES string of the molecule is CC1C[C@H](C(=O)NCCc2cccc(F)c2)[C@H](C(=O)O)C1. The van der Waals surface area contributed by atoms with Crippen molar-refractivity contribution in [3.8, 4) is 0 Å². The molecule has 0 spiro atoms. The molecule has 2 N–H and O–H groups in total. The van der Waals surface area contributed by atoms with E-state index < -0.39 is 17.8 Å². The summed E-state index contributed by atoms with van der Waals surface area (Å²) in [5.74, 6) is -2.19. The maximum atomic E-state index is 13.0. The van der Waals surface area contributed by atoms with E-state index in [9.17, 15) is 14.0 Å². The molecule has 1 aliphatic carbocycles.